The number of hydrogen-bond acceptors (Lipinski definition) is 2. The number of methoxy groups -OCH3 is 1. The number of ether oxygens (including phenoxy) is 1. The molecule has 11 heavy (non-hydrogen) atoms. The van der Waals surface area contributed by atoms with E-state index in [0.717, 1.165) is 0 Å². The Morgan fingerprint density at radius 3 is 2.00 bits per heavy atom. The van der Waals surface area contributed by atoms with Crippen LogP contribution in [0.2, 0.25) is 0 Å². The summed E-state index contributed by atoms with van der Waals surface area (Å²) in [6.07, 6.45) is 7.33. The fraction of sp³-hybridized carbons (Fsp3) is 1.00. The summed E-state index contributed by atoms with van der Waals surface area (Å²) in [7, 11) is 1.82. The molecule has 2 heteroatoms. The summed E-state index contributed by atoms with van der Waals surface area (Å²) in [6, 6.07) is 0. The Labute approximate surface area is 69.6 Å². The highest BCUT2D eigenvalue weighted by Crippen LogP contribution is 2.18. The third-order valence-electron chi connectivity index (χ3n) is 1.89. The standard InChI is InChI=1S/C7H14O.C2H6O/c1-8-7-5-3-2-4-6-7;1-2-3/h7H,2-6H2,1H3;3H,2H2,1H3. The molecule has 68 valence electrons. The van der Waals surface area contributed by atoms with Crippen LogP contribution in [0.4, 0.5) is 0 Å². The molecular weight excluding hydrogens is 140 g/mol. The second kappa shape index (κ2) is 8.02. The van der Waals surface area contributed by atoms with Gasteiger partial charge in [0, 0.05) is 13.7 Å². The van der Waals surface area contributed by atoms with Gasteiger partial charge in [0.2, 0.25) is 0 Å². The van der Waals surface area contributed by atoms with Crippen LogP contribution >= 0.6 is 0 Å². The summed E-state index contributed by atoms with van der Waals surface area (Å²) in [5.74, 6) is 0. The van der Waals surface area contributed by atoms with Gasteiger partial charge in [-0.3, -0.25) is 0 Å². The Bertz CT molecular complexity index is 68.0. The highest BCUT2D eigenvalue weighted by atomic mass is 16.5. The van der Waals surface area contributed by atoms with E-state index in [4.69, 9.17) is 9.84 Å². The van der Waals surface area contributed by atoms with Crippen molar-refractivity contribution in [2.75, 3.05) is 13.7 Å². The minimum atomic E-state index is 0.250. The minimum absolute atomic E-state index is 0.250. The van der Waals surface area contributed by atoms with E-state index in [1.54, 1.807) is 6.92 Å². The van der Waals surface area contributed by atoms with Gasteiger partial charge in [0.05, 0.1) is 6.10 Å². The first-order valence-corrected chi connectivity index (χ1v) is 4.48. The summed E-state index contributed by atoms with van der Waals surface area (Å²) in [6.45, 7) is 1.93. The zero-order valence-electron chi connectivity index (χ0n) is 7.68. The Balaban J connectivity index is 0.000000292. The smallest absolute Gasteiger partial charge is 0.0571 e. The Morgan fingerprint density at radius 1 is 1.27 bits per heavy atom. The van der Waals surface area contributed by atoms with E-state index >= 15 is 0 Å². The second-order valence-corrected chi connectivity index (χ2v) is 2.81. The monoisotopic (exact) mass is 160 g/mol. The van der Waals surface area contributed by atoms with Crippen LogP contribution in [0.5, 0.6) is 0 Å². The molecule has 1 rings (SSSR count). The van der Waals surface area contributed by atoms with Crippen molar-refractivity contribution < 1.29 is 9.84 Å². The van der Waals surface area contributed by atoms with Crippen LogP contribution in [-0.2, 0) is 4.74 Å². The van der Waals surface area contributed by atoms with E-state index in [9.17, 15) is 0 Å². The van der Waals surface area contributed by atoms with Crippen LogP contribution in [0.1, 0.15) is 39.0 Å². The first-order valence-electron chi connectivity index (χ1n) is 4.48. The van der Waals surface area contributed by atoms with Crippen molar-refractivity contribution in [1.29, 1.82) is 0 Å². The van der Waals surface area contributed by atoms with Gasteiger partial charge in [0.15, 0.2) is 0 Å². The zero-order valence-corrected chi connectivity index (χ0v) is 7.68. The van der Waals surface area contributed by atoms with E-state index in [1.807, 2.05) is 7.11 Å². The highest BCUT2D eigenvalue weighted by molar-refractivity contribution is 4.63. The number of aliphatic hydroxyl groups excluding tert-OH is 1. The van der Waals surface area contributed by atoms with Gasteiger partial charge in [0.25, 0.3) is 0 Å². The molecule has 1 saturated carbocycles. The maximum atomic E-state index is 7.57. The van der Waals surface area contributed by atoms with E-state index in [0.29, 0.717) is 6.10 Å². The Morgan fingerprint density at radius 2 is 1.73 bits per heavy atom. The quantitative estimate of drug-likeness (QED) is 0.635. The molecule has 0 aliphatic heterocycles. The second-order valence-electron chi connectivity index (χ2n) is 2.81. The van der Waals surface area contributed by atoms with Crippen LogP contribution < -0.4 is 0 Å². The predicted molar refractivity (Wildman–Crippen MR) is 46.6 cm³/mol. The molecule has 0 spiro atoms. The van der Waals surface area contributed by atoms with Gasteiger partial charge in [-0.05, 0) is 19.8 Å². The summed E-state index contributed by atoms with van der Waals surface area (Å²) < 4.78 is 5.19. The molecule has 0 atom stereocenters. The van der Waals surface area contributed by atoms with E-state index < -0.39 is 0 Å². The first kappa shape index (κ1) is 10.9. The molecule has 0 heterocycles. The average Bonchev–Trinajstić information content (AvgIpc) is 2.08. The maximum Gasteiger partial charge on any atom is 0.0571 e. The van der Waals surface area contributed by atoms with Crippen molar-refractivity contribution in [3.63, 3.8) is 0 Å². The largest absolute Gasteiger partial charge is 0.397 e. The zero-order chi connectivity index (χ0) is 8.53. The van der Waals surface area contributed by atoms with Crippen LogP contribution in [0.15, 0.2) is 0 Å². The van der Waals surface area contributed by atoms with Crippen LogP contribution in [-0.4, -0.2) is 24.9 Å². The lowest BCUT2D eigenvalue weighted by Gasteiger charge is -2.19. The molecule has 2 nitrogen and oxygen atoms in total. The van der Waals surface area contributed by atoms with Crippen molar-refractivity contribution >= 4 is 0 Å². The molecule has 0 unspecified atom stereocenters. The molecule has 0 aromatic rings. The molecule has 0 aromatic carbocycles. The summed E-state index contributed by atoms with van der Waals surface area (Å²) in [5.41, 5.74) is 0. The SMILES string of the molecule is CCO.COC1CCCCC1. The molecule has 1 N–H and O–H groups in total. The lowest BCUT2D eigenvalue weighted by Crippen LogP contribution is -2.13. The highest BCUT2D eigenvalue weighted by Gasteiger charge is 2.10. The number of hydrogen-bond donors (Lipinski definition) is 1. The van der Waals surface area contributed by atoms with Gasteiger partial charge < -0.3 is 9.84 Å². The van der Waals surface area contributed by atoms with Crippen molar-refractivity contribution in [3.8, 4) is 0 Å². The average molecular weight is 160 g/mol. The fourth-order valence-electron chi connectivity index (χ4n) is 1.30. The van der Waals surface area contributed by atoms with Crippen LogP contribution in [0.3, 0.4) is 0 Å². The van der Waals surface area contributed by atoms with E-state index in [-0.39, 0.29) is 6.61 Å². The van der Waals surface area contributed by atoms with Gasteiger partial charge in [0.1, 0.15) is 0 Å². The molecule has 1 aliphatic rings. The van der Waals surface area contributed by atoms with Crippen molar-refractivity contribution in [1.82, 2.24) is 0 Å². The molecule has 0 amide bonds. The molecule has 0 saturated heterocycles. The first-order chi connectivity index (χ1) is 5.35. The molecular formula is C9H20O2. The van der Waals surface area contributed by atoms with Crippen LogP contribution in [0.25, 0.3) is 0 Å². The topological polar surface area (TPSA) is 29.5 Å². The molecule has 0 bridgehead atoms. The third-order valence-corrected chi connectivity index (χ3v) is 1.89. The van der Waals surface area contributed by atoms with Gasteiger partial charge in [-0.1, -0.05) is 19.3 Å². The summed E-state index contributed by atoms with van der Waals surface area (Å²) in [4.78, 5) is 0. The summed E-state index contributed by atoms with van der Waals surface area (Å²) in [5, 5.41) is 7.57. The predicted octanol–water partition coefficient (Wildman–Crippen LogP) is 1.96. The van der Waals surface area contributed by atoms with Gasteiger partial charge >= 0.3 is 0 Å². The summed E-state index contributed by atoms with van der Waals surface area (Å²) >= 11 is 0. The number of aliphatic hydroxyl groups is 1. The molecule has 0 radical (unpaired) electrons. The minimum Gasteiger partial charge on any atom is -0.397 e. The Hall–Kier alpha value is -0.0800. The van der Waals surface area contributed by atoms with Crippen molar-refractivity contribution in [2.45, 2.75) is 45.1 Å². The van der Waals surface area contributed by atoms with E-state index in [2.05, 4.69) is 0 Å². The lowest BCUT2D eigenvalue weighted by atomic mass is 9.98. The van der Waals surface area contributed by atoms with Crippen molar-refractivity contribution in [3.05, 3.63) is 0 Å². The molecule has 1 fully saturated rings. The van der Waals surface area contributed by atoms with Gasteiger partial charge in [-0.25, -0.2) is 0 Å². The number of rotatable bonds is 1. The lowest BCUT2D eigenvalue weighted by molar-refractivity contribution is 0.0710. The van der Waals surface area contributed by atoms with Gasteiger partial charge in [-0.15, -0.1) is 0 Å². The molecule has 0 aromatic heterocycles. The Kier molecular flexibility index (Phi) is 7.96. The van der Waals surface area contributed by atoms with E-state index in [1.165, 1.54) is 32.1 Å². The van der Waals surface area contributed by atoms with Crippen molar-refractivity contribution in [2.24, 2.45) is 0 Å². The maximum absolute atomic E-state index is 7.57. The van der Waals surface area contributed by atoms with Crippen LogP contribution in [0, 0.1) is 0 Å². The molecule has 1 aliphatic carbocycles. The third kappa shape index (κ3) is 6.32. The fourth-order valence-corrected chi connectivity index (χ4v) is 1.30. The normalized spacial score (nSPS) is 18.8. The van der Waals surface area contributed by atoms with Gasteiger partial charge in [-0.2, -0.15) is 0 Å².